The van der Waals surface area contributed by atoms with Crippen LogP contribution in [0, 0.1) is 5.92 Å². The van der Waals surface area contributed by atoms with Gasteiger partial charge in [-0.25, -0.2) is 0 Å². The summed E-state index contributed by atoms with van der Waals surface area (Å²) in [6.45, 7) is 10.9. The van der Waals surface area contributed by atoms with Gasteiger partial charge in [0.05, 0.1) is 0 Å². The molecule has 0 aromatic heterocycles. The maximum atomic E-state index is 8.81. The molecular weight excluding hydrogens is 212 g/mol. The largest absolute Gasteiger partial charge is 0.396 e. The van der Waals surface area contributed by atoms with Crippen molar-refractivity contribution in [3.63, 3.8) is 0 Å². The SMILES string of the molecule is CC(C)CN1CCC(NC(C)CCCO)CC1. The van der Waals surface area contributed by atoms with Crippen molar-refractivity contribution in [1.82, 2.24) is 10.2 Å². The van der Waals surface area contributed by atoms with Crippen LogP contribution in [0.25, 0.3) is 0 Å². The van der Waals surface area contributed by atoms with Crippen LogP contribution in [0.5, 0.6) is 0 Å². The van der Waals surface area contributed by atoms with Gasteiger partial charge >= 0.3 is 0 Å². The van der Waals surface area contributed by atoms with E-state index in [1.54, 1.807) is 0 Å². The highest BCUT2D eigenvalue weighted by atomic mass is 16.2. The molecule has 0 radical (unpaired) electrons. The van der Waals surface area contributed by atoms with E-state index in [9.17, 15) is 0 Å². The number of aliphatic hydroxyl groups is 1. The Morgan fingerprint density at radius 1 is 1.24 bits per heavy atom. The summed E-state index contributed by atoms with van der Waals surface area (Å²) >= 11 is 0. The summed E-state index contributed by atoms with van der Waals surface area (Å²) in [7, 11) is 0. The molecule has 17 heavy (non-hydrogen) atoms. The average Bonchev–Trinajstić information content (AvgIpc) is 2.28. The number of hydrogen-bond donors (Lipinski definition) is 2. The third-order valence-electron chi connectivity index (χ3n) is 3.53. The minimum absolute atomic E-state index is 0.318. The maximum absolute atomic E-state index is 8.81. The monoisotopic (exact) mass is 242 g/mol. The summed E-state index contributed by atoms with van der Waals surface area (Å²) in [6, 6.07) is 1.23. The minimum atomic E-state index is 0.318. The normalized spacial score (nSPS) is 21.0. The van der Waals surface area contributed by atoms with Crippen LogP contribution in [-0.2, 0) is 0 Å². The van der Waals surface area contributed by atoms with E-state index >= 15 is 0 Å². The van der Waals surface area contributed by atoms with E-state index in [1.807, 2.05) is 0 Å². The molecule has 1 fully saturated rings. The first-order chi connectivity index (χ1) is 8.11. The van der Waals surface area contributed by atoms with Crippen molar-refractivity contribution in [1.29, 1.82) is 0 Å². The Morgan fingerprint density at radius 3 is 2.41 bits per heavy atom. The van der Waals surface area contributed by atoms with Crippen molar-refractivity contribution in [2.45, 2.75) is 58.5 Å². The molecular formula is C14H30N2O. The van der Waals surface area contributed by atoms with Crippen molar-refractivity contribution < 1.29 is 5.11 Å². The molecule has 1 atom stereocenters. The maximum Gasteiger partial charge on any atom is 0.0431 e. The van der Waals surface area contributed by atoms with Gasteiger partial charge in [-0.15, -0.1) is 0 Å². The summed E-state index contributed by atoms with van der Waals surface area (Å²) in [5.74, 6) is 0.781. The van der Waals surface area contributed by atoms with E-state index in [4.69, 9.17) is 5.11 Å². The molecule has 3 nitrogen and oxygen atoms in total. The lowest BCUT2D eigenvalue weighted by Crippen LogP contribution is -2.46. The van der Waals surface area contributed by atoms with E-state index in [1.165, 1.54) is 32.5 Å². The molecule has 2 N–H and O–H groups in total. The number of aliphatic hydroxyl groups excluding tert-OH is 1. The van der Waals surface area contributed by atoms with Gasteiger partial charge in [-0.05, 0) is 51.6 Å². The lowest BCUT2D eigenvalue weighted by Gasteiger charge is -2.34. The summed E-state index contributed by atoms with van der Waals surface area (Å²) in [4.78, 5) is 2.58. The van der Waals surface area contributed by atoms with Gasteiger partial charge in [0, 0.05) is 25.2 Å². The molecule has 0 bridgehead atoms. The van der Waals surface area contributed by atoms with Crippen molar-refractivity contribution in [2.75, 3.05) is 26.2 Å². The van der Waals surface area contributed by atoms with Crippen molar-refractivity contribution in [3.05, 3.63) is 0 Å². The topological polar surface area (TPSA) is 35.5 Å². The first kappa shape index (κ1) is 14.9. The molecule has 102 valence electrons. The Bertz CT molecular complexity index is 189. The molecule has 1 saturated heterocycles. The zero-order valence-electron chi connectivity index (χ0n) is 11.8. The predicted octanol–water partition coefficient (Wildman–Crippen LogP) is 1.86. The molecule has 1 rings (SSSR count). The van der Waals surface area contributed by atoms with Crippen LogP contribution in [0.15, 0.2) is 0 Å². The van der Waals surface area contributed by atoms with Gasteiger partial charge in [0.2, 0.25) is 0 Å². The Labute approximate surface area is 107 Å². The van der Waals surface area contributed by atoms with Crippen LogP contribution < -0.4 is 5.32 Å². The first-order valence-electron chi connectivity index (χ1n) is 7.21. The van der Waals surface area contributed by atoms with Gasteiger partial charge < -0.3 is 15.3 Å². The fraction of sp³-hybridized carbons (Fsp3) is 1.00. The molecule has 3 heteroatoms. The standard InChI is InChI=1S/C14H30N2O/c1-12(2)11-16-8-6-14(7-9-16)15-13(3)5-4-10-17/h12-15,17H,4-11H2,1-3H3. The van der Waals surface area contributed by atoms with Crippen LogP contribution in [0.3, 0.4) is 0 Å². The van der Waals surface area contributed by atoms with E-state index < -0.39 is 0 Å². The van der Waals surface area contributed by atoms with Gasteiger partial charge in [0.15, 0.2) is 0 Å². The highest BCUT2D eigenvalue weighted by molar-refractivity contribution is 4.79. The quantitative estimate of drug-likeness (QED) is 0.715. The lowest BCUT2D eigenvalue weighted by molar-refractivity contribution is 0.173. The van der Waals surface area contributed by atoms with Gasteiger partial charge in [-0.2, -0.15) is 0 Å². The number of piperidine rings is 1. The van der Waals surface area contributed by atoms with Crippen LogP contribution in [-0.4, -0.2) is 48.3 Å². The summed E-state index contributed by atoms with van der Waals surface area (Å²) < 4.78 is 0. The van der Waals surface area contributed by atoms with Crippen molar-refractivity contribution >= 4 is 0 Å². The fourth-order valence-electron chi connectivity index (χ4n) is 2.68. The molecule has 0 spiro atoms. The first-order valence-corrected chi connectivity index (χ1v) is 7.21. The smallest absolute Gasteiger partial charge is 0.0431 e. The Hall–Kier alpha value is -0.120. The number of nitrogens with one attached hydrogen (secondary N) is 1. The van der Waals surface area contributed by atoms with E-state index in [0.717, 1.165) is 18.8 Å². The fourth-order valence-corrected chi connectivity index (χ4v) is 2.68. The molecule has 0 aliphatic carbocycles. The molecule has 0 aromatic carbocycles. The third-order valence-corrected chi connectivity index (χ3v) is 3.53. The van der Waals surface area contributed by atoms with Gasteiger partial charge in [0.1, 0.15) is 0 Å². The Morgan fingerprint density at radius 2 is 1.88 bits per heavy atom. The predicted molar refractivity (Wildman–Crippen MR) is 73.2 cm³/mol. The van der Waals surface area contributed by atoms with Crippen LogP contribution in [0.4, 0.5) is 0 Å². The van der Waals surface area contributed by atoms with Crippen molar-refractivity contribution in [2.24, 2.45) is 5.92 Å². The van der Waals surface area contributed by atoms with E-state index in [-0.39, 0.29) is 0 Å². The highest BCUT2D eigenvalue weighted by Gasteiger charge is 2.20. The Balaban J connectivity index is 2.14. The second-order valence-electron chi connectivity index (χ2n) is 5.90. The minimum Gasteiger partial charge on any atom is -0.396 e. The van der Waals surface area contributed by atoms with Crippen molar-refractivity contribution in [3.8, 4) is 0 Å². The summed E-state index contributed by atoms with van der Waals surface area (Å²) in [5, 5.41) is 12.5. The van der Waals surface area contributed by atoms with Crippen LogP contribution in [0.1, 0.15) is 46.5 Å². The van der Waals surface area contributed by atoms with E-state index in [0.29, 0.717) is 18.7 Å². The zero-order valence-corrected chi connectivity index (χ0v) is 11.8. The Kier molecular flexibility index (Phi) is 7.09. The highest BCUT2D eigenvalue weighted by Crippen LogP contribution is 2.13. The second-order valence-corrected chi connectivity index (χ2v) is 5.90. The lowest BCUT2D eigenvalue weighted by atomic mass is 10.0. The molecule has 0 saturated carbocycles. The molecule has 1 heterocycles. The van der Waals surface area contributed by atoms with Gasteiger partial charge in [-0.3, -0.25) is 0 Å². The number of hydrogen-bond acceptors (Lipinski definition) is 3. The van der Waals surface area contributed by atoms with E-state index in [2.05, 4.69) is 31.0 Å². The van der Waals surface area contributed by atoms with Gasteiger partial charge in [-0.1, -0.05) is 13.8 Å². The molecule has 1 unspecified atom stereocenters. The summed E-state index contributed by atoms with van der Waals surface area (Å²) in [5.41, 5.74) is 0. The number of nitrogens with zero attached hydrogens (tertiary/aromatic N) is 1. The number of rotatable bonds is 7. The molecule has 0 aromatic rings. The number of likely N-dealkylation sites (tertiary alicyclic amines) is 1. The third kappa shape index (κ3) is 6.39. The van der Waals surface area contributed by atoms with Crippen LogP contribution in [0.2, 0.25) is 0 Å². The zero-order chi connectivity index (χ0) is 12.7. The average molecular weight is 242 g/mol. The van der Waals surface area contributed by atoms with Crippen LogP contribution >= 0.6 is 0 Å². The van der Waals surface area contributed by atoms with Gasteiger partial charge in [0.25, 0.3) is 0 Å². The summed E-state index contributed by atoms with van der Waals surface area (Å²) in [6.07, 6.45) is 4.55. The second kappa shape index (κ2) is 8.06. The molecule has 1 aliphatic rings. The molecule has 1 aliphatic heterocycles. The molecule has 0 amide bonds.